The number of nitrogens with one attached hydrogen (secondary N) is 1. The molecule has 0 heterocycles. The molecule has 0 fully saturated rings. The number of methoxy groups -OCH3 is 1. The molecule has 0 unspecified atom stereocenters. The van der Waals surface area contributed by atoms with Crippen LogP contribution in [0.25, 0.3) is 0 Å². The van der Waals surface area contributed by atoms with Crippen LogP contribution in [0, 0.1) is 0 Å². The molecule has 2 nitrogen and oxygen atoms in total. The zero-order valence-corrected chi connectivity index (χ0v) is 11.4. The van der Waals surface area contributed by atoms with E-state index in [-0.39, 0.29) is 0 Å². The molecule has 0 aliphatic carbocycles. The van der Waals surface area contributed by atoms with Gasteiger partial charge in [0.05, 0.1) is 15.7 Å². The van der Waals surface area contributed by atoms with Gasteiger partial charge in [0, 0.05) is 24.7 Å². The second-order valence-electron chi connectivity index (χ2n) is 3.02. The molecule has 0 spiro atoms. The molecule has 1 aromatic carbocycles. The number of hydrogen-bond donors (Lipinski definition) is 1. The molecule has 0 aliphatic heterocycles. The van der Waals surface area contributed by atoms with Gasteiger partial charge in [0.2, 0.25) is 0 Å². The molecule has 0 saturated carbocycles. The third kappa shape index (κ3) is 4.19. The fraction of sp³-hybridized carbons (Fsp3) is 0.400. The first-order chi connectivity index (χ1) is 7.15. The predicted octanol–water partition coefficient (Wildman–Crippen LogP) is 4.20. The Morgan fingerprint density at radius 1 is 1.33 bits per heavy atom. The van der Waals surface area contributed by atoms with Crippen LogP contribution in [0.15, 0.2) is 16.6 Å². The molecule has 0 aromatic heterocycles. The third-order valence-electron chi connectivity index (χ3n) is 1.83. The summed E-state index contributed by atoms with van der Waals surface area (Å²) in [5.41, 5.74) is 0.776. The maximum atomic E-state index is 6.04. The van der Waals surface area contributed by atoms with Gasteiger partial charge < -0.3 is 10.1 Å². The molecule has 0 saturated heterocycles. The van der Waals surface area contributed by atoms with Crippen molar-refractivity contribution >= 4 is 44.8 Å². The lowest BCUT2D eigenvalue weighted by atomic mass is 10.3. The van der Waals surface area contributed by atoms with Crippen LogP contribution >= 0.6 is 39.1 Å². The predicted molar refractivity (Wildman–Crippen MR) is 69.1 cm³/mol. The van der Waals surface area contributed by atoms with E-state index >= 15 is 0 Å². The van der Waals surface area contributed by atoms with Gasteiger partial charge in [0.1, 0.15) is 0 Å². The van der Waals surface area contributed by atoms with E-state index in [4.69, 9.17) is 27.9 Å². The molecule has 1 N–H and O–H groups in total. The Morgan fingerprint density at radius 3 is 2.47 bits per heavy atom. The minimum atomic E-state index is 0.617. The molecule has 0 bridgehead atoms. The summed E-state index contributed by atoms with van der Waals surface area (Å²) in [6.45, 7) is 1.51. The van der Waals surface area contributed by atoms with E-state index < -0.39 is 0 Å². The van der Waals surface area contributed by atoms with Crippen molar-refractivity contribution in [1.82, 2.24) is 0 Å². The standard InChI is InChI=1S/C10H12BrCl2NO/c1-15-4-2-3-14-10-8(12)5-7(11)6-9(10)13/h5-6,14H,2-4H2,1H3. The fourth-order valence-corrected chi connectivity index (χ4v) is 2.48. The zero-order valence-electron chi connectivity index (χ0n) is 8.32. The average molecular weight is 313 g/mol. The van der Waals surface area contributed by atoms with Crippen LogP contribution in [0.1, 0.15) is 6.42 Å². The van der Waals surface area contributed by atoms with Gasteiger partial charge in [-0.05, 0) is 18.6 Å². The first-order valence-corrected chi connectivity index (χ1v) is 6.07. The third-order valence-corrected chi connectivity index (χ3v) is 2.89. The van der Waals surface area contributed by atoms with E-state index in [9.17, 15) is 0 Å². The van der Waals surface area contributed by atoms with Crippen LogP contribution in [0.3, 0.4) is 0 Å². The monoisotopic (exact) mass is 311 g/mol. The van der Waals surface area contributed by atoms with Crippen molar-refractivity contribution < 1.29 is 4.74 Å². The van der Waals surface area contributed by atoms with Gasteiger partial charge in [-0.2, -0.15) is 0 Å². The second kappa shape index (κ2) is 6.59. The Bertz CT molecular complexity index is 310. The summed E-state index contributed by atoms with van der Waals surface area (Å²) in [5.74, 6) is 0. The summed E-state index contributed by atoms with van der Waals surface area (Å²) in [5, 5.41) is 4.41. The van der Waals surface area contributed by atoms with E-state index in [0.717, 1.165) is 29.7 Å². The molecule has 15 heavy (non-hydrogen) atoms. The van der Waals surface area contributed by atoms with Gasteiger partial charge in [0.25, 0.3) is 0 Å². The SMILES string of the molecule is COCCCNc1c(Cl)cc(Br)cc1Cl. The Morgan fingerprint density at radius 2 is 1.93 bits per heavy atom. The minimum Gasteiger partial charge on any atom is -0.385 e. The van der Waals surface area contributed by atoms with Gasteiger partial charge >= 0.3 is 0 Å². The normalized spacial score (nSPS) is 10.4. The van der Waals surface area contributed by atoms with E-state index in [0.29, 0.717) is 10.0 Å². The lowest BCUT2D eigenvalue weighted by Gasteiger charge is -2.10. The maximum Gasteiger partial charge on any atom is 0.0719 e. The van der Waals surface area contributed by atoms with Crippen molar-refractivity contribution in [2.24, 2.45) is 0 Å². The molecule has 1 rings (SSSR count). The Kier molecular flexibility index (Phi) is 5.75. The second-order valence-corrected chi connectivity index (χ2v) is 4.75. The van der Waals surface area contributed by atoms with Crippen molar-refractivity contribution in [3.8, 4) is 0 Å². The van der Waals surface area contributed by atoms with Crippen molar-refractivity contribution in [3.63, 3.8) is 0 Å². The number of rotatable bonds is 5. The first kappa shape index (κ1) is 13.1. The number of ether oxygens (including phenoxy) is 1. The highest BCUT2D eigenvalue weighted by Gasteiger charge is 2.06. The highest BCUT2D eigenvalue weighted by Crippen LogP contribution is 2.33. The number of hydrogen-bond acceptors (Lipinski definition) is 2. The molecular formula is C10H12BrCl2NO. The quantitative estimate of drug-likeness (QED) is 0.823. The topological polar surface area (TPSA) is 21.3 Å². The summed E-state index contributed by atoms with van der Waals surface area (Å²) >= 11 is 15.4. The fourth-order valence-electron chi connectivity index (χ4n) is 1.14. The molecular weight excluding hydrogens is 301 g/mol. The molecule has 0 amide bonds. The van der Waals surface area contributed by atoms with Gasteiger partial charge in [-0.25, -0.2) is 0 Å². The smallest absolute Gasteiger partial charge is 0.0719 e. The molecule has 0 aliphatic rings. The van der Waals surface area contributed by atoms with Gasteiger partial charge in [-0.3, -0.25) is 0 Å². The Hall–Kier alpha value is 0.0400. The minimum absolute atomic E-state index is 0.617. The highest BCUT2D eigenvalue weighted by molar-refractivity contribution is 9.10. The van der Waals surface area contributed by atoms with Gasteiger partial charge in [-0.15, -0.1) is 0 Å². The summed E-state index contributed by atoms with van der Waals surface area (Å²) < 4.78 is 5.82. The number of anilines is 1. The summed E-state index contributed by atoms with van der Waals surface area (Å²) in [6, 6.07) is 3.62. The number of halogens is 3. The Balaban J connectivity index is 2.60. The molecule has 84 valence electrons. The lowest BCUT2D eigenvalue weighted by Crippen LogP contribution is -2.05. The summed E-state index contributed by atoms with van der Waals surface area (Å²) in [7, 11) is 1.68. The van der Waals surface area contributed by atoms with E-state index in [1.807, 2.05) is 12.1 Å². The highest BCUT2D eigenvalue weighted by atomic mass is 79.9. The van der Waals surface area contributed by atoms with Crippen LogP contribution in [-0.4, -0.2) is 20.3 Å². The van der Waals surface area contributed by atoms with Crippen LogP contribution in [0.5, 0.6) is 0 Å². The summed E-state index contributed by atoms with van der Waals surface area (Å²) in [6.07, 6.45) is 0.916. The lowest BCUT2D eigenvalue weighted by molar-refractivity contribution is 0.198. The molecule has 5 heteroatoms. The van der Waals surface area contributed by atoms with Crippen LogP contribution < -0.4 is 5.32 Å². The van der Waals surface area contributed by atoms with Crippen LogP contribution in [-0.2, 0) is 4.74 Å². The number of benzene rings is 1. The molecule has 0 radical (unpaired) electrons. The van der Waals surface area contributed by atoms with Crippen molar-refractivity contribution in [2.45, 2.75) is 6.42 Å². The van der Waals surface area contributed by atoms with E-state index in [1.165, 1.54) is 0 Å². The average Bonchev–Trinajstić information content (AvgIpc) is 2.15. The van der Waals surface area contributed by atoms with Gasteiger partial charge in [0.15, 0.2) is 0 Å². The van der Waals surface area contributed by atoms with Crippen molar-refractivity contribution in [2.75, 3.05) is 25.6 Å². The molecule has 0 atom stereocenters. The first-order valence-electron chi connectivity index (χ1n) is 4.52. The Labute approximate surface area is 108 Å². The largest absolute Gasteiger partial charge is 0.385 e. The van der Waals surface area contributed by atoms with E-state index in [1.54, 1.807) is 7.11 Å². The zero-order chi connectivity index (χ0) is 11.3. The van der Waals surface area contributed by atoms with Crippen molar-refractivity contribution in [3.05, 3.63) is 26.7 Å². The van der Waals surface area contributed by atoms with Gasteiger partial charge in [-0.1, -0.05) is 39.1 Å². The molecule has 1 aromatic rings. The van der Waals surface area contributed by atoms with E-state index in [2.05, 4.69) is 21.2 Å². The van der Waals surface area contributed by atoms with Crippen LogP contribution in [0.4, 0.5) is 5.69 Å². The maximum absolute atomic E-state index is 6.04. The van der Waals surface area contributed by atoms with Crippen LogP contribution in [0.2, 0.25) is 10.0 Å². The van der Waals surface area contributed by atoms with Crippen molar-refractivity contribution in [1.29, 1.82) is 0 Å². The summed E-state index contributed by atoms with van der Waals surface area (Å²) in [4.78, 5) is 0.